The van der Waals surface area contributed by atoms with Gasteiger partial charge in [0.25, 0.3) is 0 Å². The maximum atomic E-state index is 4.09. The number of aromatic nitrogens is 1. The molecule has 0 aliphatic carbocycles. The number of benzene rings is 1. The van der Waals surface area contributed by atoms with Crippen molar-refractivity contribution in [1.29, 1.82) is 0 Å². The molecule has 0 saturated heterocycles. The molecule has 0 saturated carbocycles. The van der Waals surface area contributed by atoms with Crippen molar-refractivity contribution in [1.82, 2.24) is 4.98 Å². The normalized spacial score (nSPS) is 10.9. The van der Waals surface area contributed by atoms with E-state index in [4.69, 9.17) is 0 Å². The lowest BCUT2D eigenvalue weighted by atomic mass is 10.0. The first kappa shape index (κ1) is 10.4. The lowest BCUT2D eigenvalue weighted by Gasteiger charge is -2.05. The Kier molecular flexibility index (Phi) is 3.17. The first-order valence-corrected chi connectivity index (χ1v) is 6.11. The average Bonchev–Trinajstić information content (AvgIpc) is 2.71. The van der Waals surface area contributed by atoms with Crippen LogP contribution in [0.5, 0.6) is 0 Å². The number of thiazole rings is 1. The Balaban J connectivity index is 2.17. The maximum Gasteiger partial charge on any atom is 0.0797 e. The van der Waals surface area contributed by atoms with Crippen LogP contribution in [0.1, 0.15) is 19.4 Å². The highest BCUT2D eigenvalue weighted by Crippen LogP contribution is 2.23. The summed E-state index contributed by atoms with van der Waals surface area (Å²) in [6, 6.07) is 8.81. The van der Waals surface area contributed by atoms with Crippen LogP contribution in [0.15, 0.2) is 36.0 Å². The summed E-state index contributed by atoms with van der Waals surface area (Å²) in [6.07, 6.45) is 3.07. The Bertz CT molecular complexity index is 401. The van der Waals surface area contributed by atoms with E-state index in [-0.39, 0.29) is 0 Å². The smallest absolute Gasteiger partial charge is 0.0797 e. The van der Waals surface area contributed by atoms with Gasteiger partial charge < -0.3 is 0 Å². The summed E-state index contributed by atoms with van der Waals surface area (Å²) in [5.41, 5.74) is 4.56. The van der Waals surface area contributed by atoms with E-state index in [1.165, 1.54) is 16.0 Å². The molecule has 2 heteroatoms. The summed E-state index contributed by atoms with van der Waals surface area (Å²) in [5, 5.41) is 0. The van der Waals surface area contributed by atoms with Crippen LogP contribution in [0.2, 0.25) is 0 Å². The number of nitrogens with zero attached hydrogens (tertiary/aromatic N) is 1. The van der Waals surface area contributed by atoms with Crippen LogP contribution in [0, 0.1) is 5.92 Å². The molecule has 2 aromatic rings. The van der Waals surface area contributed by atoms with Gasteiger partial charge >= 0.3 is 0 Å². The van der Waals surface area contributed by atoms with Crippen molar-refractivity contribution in [3.8, 4) is 10.4 Å². The summed E-state index contributed by atoms with van der Waals surface area (Å²) in [7, 11) is 0. The van der Waals surface area contributed by atoms with Gasteiger partial charge in [0.1, 0.15) is 0 Å². The highest BCUT2D eigenvalue weighted by molar-refractivity contribution is 7.13. The number of rotatable bonds is 3. The average molecular weight is 217 g/mol. The zero-order chi connectivity index (χ0) is 10.7. The molecule has 0 aliphatic rings. The molecule has 1 nitrogen and oxygen atoms in total. The minimum atomic E-state index is 0.722. The zero-order valence-corrected chi connectivity index (χ0v) is 9.92. The summed E-state index contributed by atoms with van der Waals surface area (Å²) >= 11 is 1.68. The van der Waals surface area contributed by atoms with Crippen molar-refractivity contribution in [2.24, 2.45) is 5.92 Å². The lowest BCUT2D eigenvalue weighted by Crippen LogP contribution is -1.93. The first-order valence-electron chi connectivity index (χ1n) is 5.23. The van der Waals surface area contributed by atoms with Gasteiger partial charge in [0, 0.05) is 6.20 Å². The van der Waals surface area contributed by atoms with Gasteiger partial charge in [-0.3, -0.25) is 4.98 Å². The molecule has 0 spiro atoms. The quantitative estimate of drug-likeness (QED) is 0.757. The SMILES string of the molecule is CC(C)Cc1ccc(-c2cncs2)cc1. The van der Waals surface area contributed by atoms with E-state index in [2.05, 4.69) is 43.1 Å². The van der Waals surface area contributed by atoms with Gasteiger partial charge in [-0.1, -0.05) is 38.1 Å². The van der Waals surface area contributed by atoms with E-state index >= 15 is 0 Å². The standard InChI is InChI=1S/C13H15NS/c1-10(2)7-11-3-5-12(6-4-11)13-8-14-9-15-13/h3-6,8-10H,7H2,1-2H3. The maximum absolute atomic E-state index is 4.09. The Morgan fingerprint density at radius 2 is 1.93 bits per heavy atom. The number of hydrogen-bond donors (Lipinski definition) is 0. The Hall–Kier alpha value is -1.15. The van der Waals surface area contributed by atoms with Gasteiger partial charge in [0.15, 0.2) is 0 Å². The molecule has 0 radical (unpaired) electrons. The van der Waals surface area contributed by atoms with Gasteiger partial charge in [-0.05, 0) is 23.5 Å². The van der Waals surface area contributed by atoms with E-state index in [9.17, 15) is 0 Å². The Morgan fingerprint density at radius 1 is 1.20 bits per heavy atom. The molecule has 0 aliphatic heterocycles. The van der Waals surface area contributed by atoms with Crippen LogP contribution in [0.25, 0.3) is 10.4 Å². The molecule has 1 heterocycles. The second-order valence-electron chi connectivity index (χ2n) is 4.16. The van der Waals surface area contributed by atoms with Gasteiger partial charge in [0.05, 0.1) is 10.4 Å². The molecule has 0 bridgehead atoms. The van der Waals surface area contributed by atoms with Crippen LogP contribution in [0.3, 0.4) is 0 Å². The predicted molar refractivity (Wildman–Crippen MR) is 66.1 cm³/mol. The third kappa shape index (κ3) is 2.66. The number of hydrogen-bond acceptors (Lipinski definition) is 2. The third-order valence-corrected chi connectivity index (χ3v) is 3.14. The highest BCUT2D eigenvalue weighted by atomic mass is 32.1. The van der Waals surface area contributed by atoms with E-state index in [0.717, 1.165) is 12.3 Å². The van der Waals surface area contributed by atoms with Crippen molar-refractivity contribution < 1.29 is 0 Å². The molecular formula is C13H15NS. The van der Waals surface area contributed by atoms with Crippen molar-refractivity contribution in [3.63, 3.8) is 0 Å². The van der Waals surface area contributed by atoms with E-state index in [1.54, 1.807) is 11.3 Å². The van der Waals surface area contributed by atoms with Crippen LogP contribution in [0.4, 0.5) is 0 Å². The Morgan fingerprint density at radius 3 is 2.47 bits per heavy atom. The third-order valence-electron chi connectivity index (χ3n) is 2.31. The topological polar surface area (TPSA) is 12.9 Å². The van der Waals surface area contributed by atoms with Gasteiger partial charge in [0.2, 0.25) is 0 Å². The van der Waals surface area contributed by atoms with Crippen molar-refractivity contribution in [3.05, 3.63) is 41.5 Å². The molecule has 1 aromatic heterocycles. The largest absolute Gasteiger partial charge is 0.252 e. The molecule has 2 rings (SSSR count). The second kappa shape index (κ2) is 4.58. The monoisotopic (exact) mass is 217 g/mol. The van der Waals surface area contributed by atoms with Crippen LogP contribution < -0.4 is 0 Å². The van der Waals surface area contributed by atoms with Gasteiger partial charge in [-0.2, -0.15) is 0 Å². The molecule has 0 unspecified atom stereocenters. The molecule has 0 atom stereocenters. The molecule has 15 heavy (non-hydrogen) atoms. The minimum Gasteiger partial charge on any atom is -0.252 e. The predicted octanol–water partition coefficient (Wildman–Crippen LogP) is 4.01. The molecule has 0 fully saturated rings. The zero-order valence-electron chi connectivity index (χ0n) is 9.10. The fraction of sp³-hybridized carbons (Fsp3) is 0.308. The Labute approximate surface area is 94.8 Å². The van der Waals surface area contributed by atoms with Crippen LogP contribution in [-0.2, 0) is 6.42 Å². The first-order chi connectivity index (χ1) is 7.25. The fourth-order valence-corrected chi connectivity index (χ4v) is 2.26. The fourth-order valence-electron chi connectivity index (χ4n) is 1.63. The highest BCUT2D eigenvalue weighted by Gasteiger charge is 2.00. The van der Waals surface area contributed by atoms with Crippen LogP contribution in [-0.4, -0.2) is 4.98 Å². The molecule has 0 amide bonds. The van der Waals surface area contributed by atoms with E-state index in [0.29, 0.717) is 0 Å². The summed E-state index contributed by atoms with van der Waals surface area (Å²) < 4.78 is 0. The molecule has 78 valence electrons. The lowest BCUT2D eigenvalue weighted by molar-refractivity contribution is 0.647. The van der Waals surface area contributed by atoms with Crippen molar-refractivity contribution in [2.45, 2.75) is 20.3 Å². The van der Waals surface area contributed by atoms with Gasteiger partial charge in [-0.15, -0.1) is 11.3 Å². The van der Waals surface area contributed by atoms with Crippen molar-refractivity contribution >= 4 is 11.3 Å². The summed E-state index contributed by atoms with van der Waals surface area (Å²) in [4.78, 5) is 5.33. The van der Waals surface area contributed by atoms with Gasteiger partial charge in [-0.25, -0.2) is 0 Å². The molecular weight excluding hydrogens is 202 g/mol. The minimum absolute atomic E-state index is 0.722. The molecule has 1 aromatic carbocycles. The molecule has 0 N–H and O–H groups in total. The van der Waals surface area contributed by atoms with Crippen LogP contribution >= 0.6 is 11.3 Å². The van der Waals surface area contributed by atoms with E-state index < -0.39 is 0 Å². The summed E-state index contributed by atoms with van der Waals surface area (Å²) in [6.45, 7) is 4.49. The van der Waals surface area contributed by atoms with Crippen molar-refractivity contribution in [2.75, 3.05) is 0 Å². The second-order valence-corrected chi connectivity index (χ2v) is 5.05. The van der Waals surface area contributed by atoms with E-state index in [1.807, 2.05) is 11.7 Å². The summed E-state index contributed by atoms with van der Waals surface area (Å²) in [5.74, 6) is 0.722.